The van der Waals surface area contributed by atoms with Gasteiger partial charge in [0.15, 0.2) is 0 Å². The van der Waals surface area contributed by atoms with Crippen LogP contribution in [-0.4, -0.2) is 12.4 Å². The number of nitrogens with zero attached hydrogens (tertiary/aromatic N) is 1. The zero-order valence-corrected chi connectivity index (χ0v) is 15.5. The Balaban J connectivity index is 2.49. The molecule has 1 heterocycles. The number of aromatic nitrogens is 1. The van der Waals surface area contributed by atoms with Gasteiger partial charge in [0.25, 0.3) is 15.6 Å². The number of benzene rings is 1. The van der Waals surface area contributed by atoms with Crippen molar-refractivity contribution >= 4 is 10.0 Å². The molecule has 0 atom stereocenters. The van der Waals surface area contributed by atoms with Crippen LogP contribution in [0.15, 0.2) is 52.3 Å². The molecule has 0 saturated carbocycles. The number of hydrogen-bond donors (Lipinski definition) is 0. The predicted molar refractivity (Wildman–Crippen MR) is 96.8 cm³/mol. The molecule has 4 nitrogen and oxygen atoms in total. The zero-order valence-electron chi connectivity index (χ0n) is 14.7. The van der Waals surface area contributed by atoms with Gasteiger partial charge in [-0.25, -0.2) is 12.4 Å². The highest BCUT2D eigenvalue weighted by atomic mass is 32.2. The third-order valence-electron chi connectivity index (χ3n) is 3.68. The van der Waals surface area contributed by atoms with E-state index in [1.807, 2.05) is 6.07 Å². The van der Waals surface area contributed by atoms with Crippen molar-refractivity contribution in [3.8, 4) is 0 Å². The maximum atomic E-state index is 12.9. The SMILES string of the molecule is CC(C)Cc1cccc(S(=O)(=O)n2cc(CC(C)C)ccc2=O)c1. The van der Waals surface area contributed by atoms with Gasteiger partial charge < -0.3 is 0 Å². The Kier molecular flexibility index (Phi) is 5.65. The highest BCUT2D eigenvalue weighted by Gasteiger charge is 2.19. The van der Waals surface area contributed by atoms with Gasteiger partial charge in [0, 0.05) is 12.3 Å². The molecule has 2 rings (SSSR count). The van der Waals surface area contributed by atoms with Gasteiger partial charge in [0.1, 0.15) is 0 Å². The Morgan fingerprint density at radius 3 is 2.17 bits per heavy atom. The van der Waals surface area contributed by atoms with Crippen LogP contribution in [0.4, 0.5) is 0 Å². The molecule has 0 N–H and O–H groups in total. The molecule has 0 aliphatic carbocycles. The number of hydrogen-bond acceptors (Lipinski definition) is 3. The summed E-state index contributed by atoms with van der Waals surface area (Å²) in [5.74, 6) is 0.813. The van der Waals surface area contributed by atoms with E-state index in [1.165, 1.54) is 12.3 Å². The average Bonchev–Trinajstić information content (AvgIpc) is 2.48. The van der Waals surface area contributed by atoms with Crippen molar-refractivity contribution < 1.29 is 8.42 Å². The molecule has 1 aromatic carbocycles. The number of pyridine rings is 1. The van der Waals surface area contributed by atoms with Gasteiger partial charge in [0.2, 0.25) is 0 Å². The quantitative estimate of drug-likeness (QED) is 0.804. The lowest BCUT2D eigenvalue weighted by Crippen LogP contribution is -2.27. The van der Waals surface area contributed by atoms with Gasteiger partial charge in [-0.15, -0.1) is 0 Å². The second kappa shape index (κ2) is 7.34. The summed E-state index contributed by atoms with van der Waals surface area (Å²) >= 11 is 0. The second-order valence-electron chi connectivity index (χ2n) is 7.02. The molecule has 24 heavy (non-hydrogen) atoms. The molecule has 0 aliphatic rings. The minimum atomic E-state index is -3.88. The Hall–Kier alpha value is -1.88. The summed E-state index contributed by atoms with van der Waals surface area (Å²) in [6.45, 7) is 8.28. The second-order valence-corrected chi connectivity index (χ2v) is 8.83. The summed E-state index contributed by atoms with van der Waals surface area (Å²) in [5, 5.41) is 0. The van der Waals surface area contributed by atoms with Crippen LogP contribution in [0.2, 0.25) is 0 Å². The summed E-state index contributed by atoms with van der Waals surface area (Å²) in [6, 6.07) is 9.87. The Labute approximate surface area is 144 Å². The molecule has 1 aromatic heterocycles. The highest BCUT2D eigenvalue weighted by molar-refractivity contribution is 7.90. The molecule has 5 heteroatoms. The van der Waals surface area contributed by atoms with Crippen molar-refractivity contribution in [1.82, 2.24) is 3.97 Å². The van der Waals surface area contributed by atoms with Crippen LogP contribution in [0.5, 0.6) is 0 Å². The Morgan fingerprint density at radius 2 is 1.54 bits per heavy atom. The minimum Gasteiger partial charge on any atom is -0.268 e. The van der Waals surface area contributed by atoms with Gasteiger partial charge in [0.05, 0.1) is 4.90 Å². The molecule has 0 aliphatic heterocycles. The molecule has 2 aromatic rings. The van der Waals surface area contributed by atoms with Crippen LogP contribution in [0.1, 0.15) is 38.8 Å². The monoisotopic (exact) mass is 347 g/mol. The van der Waals surface area contributed by atoms with E-state index in [0.717, 1.165) is 27.9 Å². The molecule has 0 fully saturated rings. The predicted octanol–water partition coefficient (Wildman–Crippen LogP) is 3.48. The topological polar surface area (TPSA) is 56.1 Å². The van der Waals surface area contributed by atoms with Crippen LogP contribution < -0.4 is 5.56 Å². The molecule has 130 valence electrons. The van der Waals surface area contributed by atoms with Crippen molar-refractivity contribution in [3.63, 3.8) is 0 Å². The average molecular weight is 347 g/mol. The molecule has 0 bridgehead atoms. The Morgan fingerprint density at radius 1 is 0.917 bits per heavy atom. The van der Waals surface area contributed by atoms with Gasteiger partial charge in [-0.1, -0.05) is 45.9 Å². The molecule has 0 spiro atoms. The van der Waals surface area contributed by atoms with E-state index in [-0.39, 0.29) is 4.90 Å². The van der Waals surface area contributed by atoms with Crippen molar-refractivity contribution in [3.05, 3.63) is 64.1 Å². The largest absolute Gasteiger partial charge is 0.270 e. The smallest absolute Gasteiger partial charge is 0.268 e. The van der Waals surface area contributed by atoms with E-state index in [0.29, 0.717) is 11.8 Å². The van der Waals surface area contributed by atoms with E-state index >= 15 is 0 Å². The summed E-state index contributed by atoms with van der Waals surface area (Å²) in [5.41, 5.74) is 1.26. The van der Waals surface area contributed by atoms with Gasteiger partial charge in [-0.3, -0.25) is 4.79 Å². The third-order valence-corrected chi connectivity index (χ3v) is 5.34. The lowest BCUT2D eigenvalue weighted by molar-refractivity contribution is 0.583. The summed E-state index contributed by atoms with van der Waals surface area (Å²) < 4.78 is 26.6. The van der Waals surface area contributed by atoms with E-state index in [1.54, 1.807) is 24.3 Å². The third kappa shape index (κ3) is 4.35. The van der Waals surface area contributed by atoms with E-state index < -0.39 is 15.6 Å². The van der Waals surface area contributed by atoms with Crippen molar-refractivity contribution in [2.24, 2.45) is 11.8 Å². The lowest BCUT2D eigenvalue weighted by atomic mass is 10.0. The van der Waals surface area contributed by atoms with Crippen molar-refractivity contribution in [2.45, 2.75) is 45.4 Å². The molecule has 0 unspecified atom stereocenters. The van der Waals surface area contributed by atoms with Crippen LogP contribution >= 0.6 is 0 Å². The lowest BCUT2D eigenvalue weighted by Gasteiger charge is -2.12. The maximum absolute atomic E-state index is 12.9. The molecular formula is C19H25NO3S. The first-order valence-corrected chi connectivity index (χ1v) is 9.70. The number of rotatable bonds is 6. The molecule has 0 amide bonds. The summed E-state index contributed by atoms with van der Waals surface area (Å²) in [6.07, 6.45) is 2.97. The minimum absolute atomic E-state index is 0.157. The van der Waals surface area contributed by atoms with Crippen molar-refractivity contribution in [1.29, 1.82) is 0 Å². The van der Waals surface area contributed by atoms with Crippen LogP contribution in [-0.2, 0) is 22.9 Å². The highest BCUT2D eigenvalue weighted by Crippen LogP contribution is 2.17. The molecule has 0 saturated heterocycles. The first-order valence-electron chi connectivity index (χ1n) is 8.26. The summed E-state index contributed by atoms with van der Waals surface area (Å²) in [4.78, 5) is 12.3. The molecule has 0 radical (unpaired) electrons. The Bertz CT molecular complexity index is 864. The maximum Gasteiger partial charge on any atom is 0.270 e. The first kappa shape index (κ1) is 18.5. The van der Waals surface area contributed by atoms with Gasteiger partial charge in [-0.2, -0.15) is 0 Å². The molecular weight excluding hydrogens is 322 g/mol. The first-order chi connectivity index (χ1) is 11.2. The van der Waals surface area contributed by atoms with E-state index in [4.69, 9.17) is 0 Å². The summed E-state index contributed by atoms with van der Waals surface area (Å²) in [7, 11) is -3.88. The van der Waals surface area contributed by atoms with Gasteiger partial charge >= 0.3 is 0 Å². The van der Waals surface area contributed by atoms with E-state index in [9.17, 15) is 13.2 Å². The standard InChI is InChI=1S/C19H25NO3S/c1-14(2)10-16-6-5-7-18(12-16)24(22,23)20-13-17(11-15(3)4)8-9-19(20)21/h5-9,12-15H,10-11H2,1-4H3. The van der Waals surface area contributed by atoms with Crippen molar-refractivity contribution in [2.75, 3.05) is 0 Å². The van der Waals surface area contributed by atoms with E-state index in [2.05, 4.69) is 27.7 Å². The zero-order chi connectivity index (χ0) is 17.9. The van der Waals surface area contributed by atoms with Crippen LogP contribution in [0.3, 0.4) is 0 Å². The van der Waals surface area contributed by atoms with Gasteiger partial charge in [-0.05, 0) is 47.9 Å². The fourth-order valence-electron chi connectivity index (χ4n) is 2.71. The fourth-order valence-corrected chi connectivity index (χ4v) is 4.06. The van der Waals surface area contributed by atoms with Crippen LogP contribution in [0, 0.1) is 11.8 Å². The fraction of sp³-hybridized carbons (Fsp3) is 0.421. The van der Waals surface area contributed by atoms with Crippen LogP contribution in [0.25, 0.3) is 0 Å². The normalized spacial score (nSPS) is 12.1.